The molecule has 0 aliphatic carbocycles. The van der Waals surface area contributed by atoms with Crippen molar-refractivity contribution >= 4 is 0 Å². The van der Waals surface area contributed by atoms with E-state index in [0.717, 1.165) is 12.0 Å². The summed E-state index contributed by atoms with van der Waals surface area (Å²) in [5, 5.41) is 7.16. The van der Waals surface area contributed by atoms with Crippen LogP contribution in [0.1, 0.15) is 25.7 Å². The topological polar surface area (TPSA) is 27.3 Å². The van der Waals surface area contributed by atoms with Gasteiger partial charge in [0.25, 0.3) is 0 Å². The third-order valence-electron chi connectivity index (χ3n) is 3.87. The van der Waals surface area contributed by atoms with Crippen molar-refractivity contribution in [2.45, 2.75) is 31.7 Å². The fraction of sp³-hybridized carbons (Fsp3) is 1.00. The van der Waals surface area contributed by atoms with E-state index in [4.69, 9.17) is 0 Å². The normalized spacial score (nSPS) is 27.0. The van der Waals surface area contributed by atoms with E-state index >= 15 is 0 Å². The molecule has 2 N–H and O–H groups in total. The van der Waals surface area contributed by atoms with Gasteiger partial charge >= 0.3 is 0 Å². The van der Waals surface area contributed by atoms with Crippen molar-refractivity contribution in [2.24, 2.45) is 5.92 Å². The van der Waals surface area contributed by atoms with Gasteiger partial charge in [0.2, 0.25) is 0 Å². The molecule has 0 saturated carbocycles. The van der Waals surface area contributed by atoms with Gasteiger partial charge in [-0.05, 0) is 71.4 Å². The maximum absolute atomic E-state index is 3.75. The Labute approximate surface area is 93.6 Å². The van der Waals surface area contributed by atoms with E-state index in [0.29, 0.717) is 0 Å². The van der Waals surface area contributed by atoms with Crippen molar-refractivity contribution in [1.82, 2.24) is 15.5 Å². The number of rotatable bonds is 3. The third kappa shape index (κ3) is 3.74. The van der Waals surface area contributed by atoms with Gasteiger partial charge in [0.05, 0.1) is 0 Å². The molecule has 2 saturated heterocycles. The zero-order valence-corrected chi connectivity index (χ0v) is 9.97. The average Bonchev–Trinajstić information content (AvgIpc) is 2.30. The van der Waals surface area contributed by atoms with E-state index in [1.165, 1.54) is 58.4 Å². The third-order valence-corrected chi connectivity index (χ3v) is 3.87. The number of hydrogen-bond donors (Lipinski definition) is 2. The molecule has 3 nitrogen and oxygen atoms in total. The lowest BCUT2D eigenvalue weighted by Crippen LogP contribution is -2.43. The van der Waals surface area contributed by atoms with Gasteiger partial charge in [0.1, 0.15) is 0 Å². The number of likely N-dealkylation sites (tertiary alicyclic amines) is 1. The Bertz CT molecular complexity index is 170. The Morgan fingerprint density at radius 3 is 2.47 bits per heavy atom. The van der Waals surface area contributed by atoms with E-state index in [9.17, 15) is 0 Å². The van der Waals surface area contributed by atoms with Crippen molar-refractivity contribution in [1.29, 1.82) is 0 Å². The van der Waals surface area contributed by atoms with Gasteiger partial charge in [0, 0.05) is 6.04 Å². The molecule has 2 aliphatic heterocycles. The maximum atomic E-state index is 3.75. The molecule has 0 aromatic rings. The first-order valence-corrected chi connectivity index (χ1v) is 6.47. The largest absolute Gasteiger partial charge is 0.317 e. The number of hydrogen-bond acceptors (Lipinski definition) is 3. The summed E-state index contributed by atoms with van der Waals surface area (Å²) in [5.41, 5.74) is 0. The molecule has 2 aliphatic rings. The summed E-state index contributed by atoms with van der Waals surface area (Å²) < 4.78 is 0. The van der Waals surface area contributed by atoms with Crippen LogP contribution in [-0.4, -0.2) is 50.7 Å². The van der Waals surface area contributed by atoms with Crippen molar-refractivity contribution < 1.29 is 0 Å². The standard InChI is InChI=1S/C12H25N3/c1-15-8-4-11(5-9-15)10-14-12-2-6-13-7-3-12/h11-14H,2-10H2,1H3. The molecule has 0 aromatic carbocycles. The smallest absolute Gasteiger partial charge is 0.00913 e. The Morgan fingerprint density at radius 2 is 1.80 bits per heavy atom. The van der Waals surface area contributed by atoms with Gasteiger partial charge in [-0.25, -0.2) is 0 Å². The molecule has 15 heavy (non-hydrogen) atoms. The summed E-state index contributed by atoms with van der Waals surface area (Å²) in [7, 11) is 2.23. The Kier molecular flexibility index (Phi) is 4.42. The minimum Gasteiger partial charge on any atom is -0.317 e. The predicted octanol–water partition coefficient (Wildman–Crippen LogP) is 0.670. The van der Waals surface area contributed by atoms with Crippen LogP contribution in [0.25, 0.3) is 0 Å². The molecule has 2 fully saturated rings. The molecular weight excluding hydrogens is 186 g/mol. The first-order chi connectivity index (χ1) is 7.34. The Hall–Kier alpha value is -0.120. The fourth-order valence-corrected chi connectivity index (χ4v) is 2.63. The van der Waals surface area contributed by atoms with Crippen molar-refractivity contribution in [3.05, 3.63) is 0 Å². The molecule has 2 rings (SSSR count). The van der Waals surface area contributed by atoms with Gasteiger partial charge in [-0.3, -0.25) is 0 Å². The monoisotopic (exact) mass is 211 g/mol. The summed E-state index contributed by atoms with van der Waals surface area (Å²) in [4.78, 5) is 2.45. The Balaban J connectivity index is 1.60. The molecule has 0 amide bonds. The van der Waals surface area contributed by atoms with Crippen LogP contribution in [0.15, 0.2) is 0 Å². The Morgan fingerprint density at radius 1 is 1.13 bits per heavy atom. The quantitative estimate of drug-likeness (QED) is 0.718. The number of piperidine rings is 2. The molecule has 0 atom stereocenters. The van der Waals surface area contributed by atoms with Crippen LogP contribution in [0.5, 0.6) is 0 Å². The van der Waals surface area contributed by atoms with E-state index < -0.39 is 0 Å². The van der Waals surface area contributed by atoms with Gasteiger partial charge in [-0.15, -0.1) is 0 Å². The zero-order chi connectivity index (χ0) is 10.5. The lowest BCUT2D eigenvalue weighted by Gasteiger charge is -2.31. The van der Waals surface area contributed by atoms with Gasteiger partial charge in [-0.2, -0.15) is 0 Å². The second kappa shape index (κ2) is 5.83. The molecule has 0 aromatic heterocycles. The highest BCUT2D eigenvalue weighted by atomic mass is 15.1. The van der Waals surface area contributed by atoms with E-state index in [1.807, 2.05) is 0 Å². The van der Waals surface area contributed by atoms with E-state index in [-0.39, 0.29) is 0 Å². The first kappa shape index (κ1) is 11.4. The lowest BCUT2D eigenvalue weighted by molar-refractivity contribution is 0.209. The van der Waals surface area contributed by atoms with Crippen LogP contribution in [0.2, 0.25) is 0 Å². The van der Waals surface area contributed by atoms with E-state index in [1.54, 1.807) is 0 Å². The van der Waals surface area contributed by atoms with E-state index in [2.05, 4.69) is 22.6 Å². The van der Waals surface area contributed by atoms with Crippen LogP contribution < -0.4 is 10.6 Å². The molecule has 88 valence electrons. The van der Waals surface area contributed by atoms with Gasteiger partial charge in [-0.1, -0.05) is 0 Å². The second-order valence-electron chi connectivity index (χ2n) is 5.18. The second-order valence-corrected chi connectivity index (χ2v) is 5.18. The summed E-state index contributed by atoms with van der Waals surface area (Å²) in [5.74, 6) is 0.927. The van der Waals surface area contributed by atoms with Crippen LogP contribution in [-0.2, 0) is 0 Å². The zero-order valence-electron chi connectivity index (χ0n) is 9.97. The minimum absolute atomic E-state index is 0.783. The van der Waals surface area contributed by atoms with Crippen LogP contribution in [0.4, 0.5) is 0 Å². The molecule has 0 spiro atoms. The number of nitrogens with zero attached hydrogens (tertiary/aromatic N) is 1. The highest BCUT2D eigenvalue weighted by Crippen LogP contribution is 2.15. The summed E-state index contributed by atoms with van der Waals surface area (Å²) in [6.07, 6.45) is 5.39. The molecular formula is C12H25N3. The predicted molar refractivity (Wildman–Crippen MR) is 64.1 cm³/mol. The lowest BCUT2D eigenvalue weighted by atomic mass is 9.96. The summed E-state index contributed by atoms with van der Waals surface area (Å²) in [6, 6.07) is 0.783. The van der Waals surface area contributed by atoms with Gasteiger partial charge in [0.15, 0.2) is 0 Å². The van der Waals surface area contributed by atoms with Crippen molar-refractivity contribution in [3.8, 4) is 0 Å². The molecule has 3 heteroatoms. The average molecular weight is 211 g/mol. The van der Waals surface area contributed by atoms with Crippen molar-refractivity contribution in [3.63, 3.8) is 0 Å². The maximum Gasteiger partial charge on any atom is 0.00913 e. The van der Waals surface area contributed by atoms with Crippen LogP contribution >= 0.6 is 0 Å². The molecule has 0 radical (unpaired) electrons. The SMILES string of the molecule is CN1CCC(CNC2CCNCC2)CC1. The molecule has 0 bridgehead atoms. The van der Waals surface area contributed by atoms with Crippen LogP contribution in [0, 0.1) is 5.92 Å². The van der Waals surface area contributed by atoms with Crippen molar-refractivity contribution in [2.75, 3.05) is 39.8 Å². The minimum atomic E-state index is 0.783. The first-order valence-electron chi connectivity index (χ1n) is 6.47. The fourth-order valence-electron chi connectivity index (χ4n) is 2.63. The molecule has 0 unspecified atom stereocenters. The summed E-state index contributed by atoms with van der Waals surface area (Å²) in [6.45, 7) is 6.23. The van der Waals surface area contributed by atoms with Gasteiger partial charge < -0.3 is 15.5 Å². The highest BCUT2D eigenvalue weighted by Gasteiger charge is 2.18. The summed E-state index contributed by atoms with van der Waals surface area (Å²) >= 11 is 0. The van der Waals surface area contributed by atoms with Crippen LogP contribution in [0.3, 0.4) is 0 Å². The molecule has 2 heterocycles. The number of nitrogens with one attached hydrogen (secondary N) is 2. The highest BCUT2D eigenvalue weighted by molar-refractivity contribution is 4.78.